The minimum absolute atomic E-state index is 0.203. The summed E-state index contributed by atoms with van der Waals surface area (Å²) in [6, 6.07) is 0. The Morgan fingerprint density at radius 1 is 1.47 bits per heavy atom. The Kier molecular flexibility index (Phi) is 4.46. The zero-order valence-electron chi connectivity index (χ0n) is 9.92. The Balaban J connectivity index is 2.79. The average molecular weight is 240 g/mol. The lowest BCUT2D eigenvalue weighted by atomic mass is 9.95. The van der Waals surface area contributed by atoms with Crippen molar-refractivity contribution in [2.45, 2.75) is 25.9 Å². The first-order valence-corrected chi connectivity index (χ1v) is 5.53. The average Bonchev–Trinajstić information content (AvgIpc) is 2.69. The first-order valence-electron chi connectivity index (χ1n) is 5.53. The summed E-state index contributed by atoms with van der Waals surface area (Å²) in [5.74, 6) is -2.22. The number of carbonyl (C=O) groups is 2. The van der Waals surface area contributed by atoms with Crippen molar-refractivity contribution < 1.29 is 19.4 Å². The molecule has 0 aromatic heterocycles. The molecule has 3 atom stereocenters. The molecular formula is C11H16N2O4. The van der Waals surface area contributed by atoms with E-state index in [1.807, 2.05) is 0 Å². The molecule has 0 heterocycles. The van der Waals surface area contributed by atoms with Gasteiger partial charge in [0.15, 0.2) is 6.19 Å². The third kappa shape index (κ3) is 2.94. The van der Waals surface area contributed by atoms with Gasteiger partial charge in [0.2, 0.25) is 5.91 Å². The Bertz CT molecular complexity index is 350. The summed E-state index contributed by atoms with van der Waals surface area (Å²) in [5.41, 5.74) is 0. The number of carbonyl (C=O) groups excluding carboxylic acids is 2. The number of amides is 1. The summed E-state index contributed by atoms with van der Waals surface area (Å²) in [5, 5.41) is 18.2. The summed E-state index contributed by atoms with van der Waals surface area (Å²) in [6.45, 7) is 1.92. The van der Waals surface area contributed by atoms with Crippen molar-refractivity contribution in [1.82, 2.24) is 4.90 Å². The number of ether oxygens (including phenoxy) is 1. The van der Waals surface area contributed by atoms with Gasteiger partial charge in [0.1, 0.15) is 0 Å². The van der Waals surface area contributed by atoms with Crippen LogP contribution in [-0.2, 0) is 14.3 Å². The van der Waals surface area contributed by atoms with Crippen molar-refractivity contribution in [3.8, 4) is 6.19 Å². The minimum atomic E-state index is -0.689. The zero-order valence-corrected chi connectivity index (χ0v) is 9.92. The molecule has 6 nitrogen and oxygen atoms in total. The number of esters is 1. The lowest BCUT2D eigenvalue weighted by Crippen LogP contribution is -2.34. The van der Waals surface area contributed by atoms with Gasteiger partial charge in [0.05, 0.1) is 24.5 Å². The van der Waals surface area contributed by atoms with Gasteiger partial charge >= 0.3 is 5.97 Å². The van der Waals surface area contributed by atoms with E-state index in [2.05, 4.69) is 0 Å². The van der Waals surface area contributed by atoms with Gasteiger partial charge in [-0.25, -0.2) is 0 Å². The molecule has 0 saturated heterocycles. The Hall–Kier alpha value is -1.61. The Morgan fingerprint density at radius 3 is 2.59 bits per heavy atom. The predicted molar refractivity (Wildman–Crippen MR) is 57.2 cm³/mol. The number of aliphatic hydroxyl groups excluding tert-OH is 1. The summed E-state index contributed by atoms with van der Waals surface area (Å²) >= 11 is 0. The van der Waals surface area contributed by atoms with E-state index in [0.29, 0.717) is 0 Å². The molecule has 0 aromatic rings. The first kappa shape index (κ1) is 13.5. The van der Waals surface area contributed by atoms with Crippen LogP contribution >= 0.6 is 0 Å². The van der Waals surface area contributed by atoms with Crippen LogP contribution in [0.2, 0.25) is 0 Å². The lowest BCUT2D eigenvalue weighted by Gasteiger charge is -2.18. The van der Waals surface area contributed by atoms with Crippen molar-refractivity contribution in [2.75, 3.05) is 13.7 Å². The summed E-state index contributed by atoms with van der Waals surface area (Å²) in [4.78, 5) is 24.3. The molecule has 0 radical (unpaired) electrons. The topological polar surface area (TPSA) is 90.6 Å². The number of hydrogen-bond acceptors (Lipinski definition) is 5. The monoisotopic (exact) mass is 240 g/mol. The highest BCUT2D eigenvalue weighted by Gasteiger charge is 2.44. The summed E-state index contributed by atoms with van der Waals surface area (Å²) in [6.07, 6.45) is 1.43. The highest BCUT2D eigenvalue weighted by atomic mass is 16.5. The second-order valence-corrected chi connectivity index (χ2v) is 4.09. The lowest BCUT2D eigenvalue weighted by molar-refractivity contribution is -0.152. The van der Waals surface area contributed by atoms with Crippen molar-refractivity contribution >= 4 is 11.9 Å². The SMILES string of the molecule is CCOC(=O)[C@@H]1C[C@H](O)C[C@H]1C(=O)N(C)C#N. The maximum atomic E-state index is 11.8. The molecule has 6 heteroatoms. The molecule has 1 amide bonds. The Labute approximate surface area is 99.8 Å². The molecule has 1 fully saturated rings. The Morgan fingerprint density at radius 2 is 2.06 bits per heavy atom. The van der Waals surface area contributed by atoms with Crippen LogP contribution in [0.25, 0.3) is 0 Å². The van der Waals surface area contributed by atoms with Crippen LogP contribution in [0.4, 0.5) is 0 Å². The van der Waals surface area contributed by atoms with E-state index in [-0.39, 0.29) is 19.4 Å². The van der Waals surface area contributed by atoms with Gasteiger partial charge in [-0.2, -0.15) is 5.26 Å². The van der Waals surface area contributed by atoms with E-state index >= 15 is 0 Å². The van der Waals surface area contributed by atoms with Crippen molar-refractivity contribution in [3.63, 3.8) is 0 Å². The molecule has 1 aliphatic carbocycles. The molecule has 1 aliphatic rings. The van der Waals surface area contributed by atoms with Crippen LogP contribution in [0.1, 0.15) is 19.8 Å². The van der Waals surface area contributed by atoms with Gasteiger partial charge in [-0.3, -0.25) is 14.5 Å². The molecule has 1 saturated carbocycles. The molecule has 1 rings (SSSR count). The largest absolute Gasteiger partial charge is 0.466 e. The highest BCUT2D eigenvalue weighted by molar-refractivity contribution is 5.86. The zero-order chi connectivity index (χ0) is 13.0. The van der Waals surface area contributed by atoms with Crippen LogP contribution in [0, 0.1) is 23.3 Å². The molecule has 17 heavy (non-hydrogen) atoms. The molecule has 94 valence electrons. The molecule has 0 aromatic carbocycles. The molecule has 0 spiro atoms. The second kappa shape index (κ2) is 5.64. The summed E-state index contributed by atoms with van der Waals surface area (Å²) in [7, 11) is 1.34. The van der Waals surface area contributed by atoms with Gasteiger partial charge in [-0.15, -0.1) is 0 Å². The van der Waals surface area contributed by atoms with E-state index in [1.54, 1.807) is 13.1 Å². The van der Waals surface area contributed by atoms with E-state index in [1.165, 1.54) is 7.05 Å². The normalized spacial score (nSPS) is 27.3. The van der Waals surface area contributed by atoms with E-state index in [9.17, 15) is 14.7 Å². The quantitative estimate of drug-likeness (QED) is 0.422. The number of rotatable bonds is 3. The molecule has 0 bridgehead atoms. The maximum Gasteiger partial charge on any atom is 0.309 e. The van der Waals surface area contributed by atoms with Gasteiger partial charge in [0.25, 0.3) is 0 Å². The third-order valence-electron chi connectivity index (χ3n) is 2.92. The van der Waals surface area contributed by atoms with Gasteiger partial charge < -0.3 is 9.84 Å². The number of aliphatic hydroxyl groups is 1. The summed E-state index contributed by atoms with van der Waals surface area (Å²) < 4.78 is 4.86. The smallest absolute Gasteiger partial charge is 0.309 e. The second-order valence-electron chi connectivity index (χ2n) is 4.09. The fourth-order valence-corrected chi connectivity index (χ4v) is 2.09. The van der Waals surface area contributed by atoms with E-state index in [4.69, 9.17) is 10.00 Å². The van der Waals surface area contributed by atoms with Crippen LogP contribution in [0.15, 0.2) is 0 Å². The standard InChI is InChI=1S/C11H16N2O4/c1-3-17-11(16)9-5-7(14)4-8(9)10(15)13(2)6-12/h7-9,14H,3-5H2,1-2H3/t7-,8-,9-/m1/s1. The van der Waals surface area contributed by atoms with Crippen molar-refractivity contribution in [1.29, 1.82) is 5.26 Å². The van der Waals surface area contributed by atoms with E-state index in [0.717, 1.165) is 4.90 Å². The molecular weight excluding hydrogens is 224 g/mol. The van der Waals surface area contributed by atoms with E-state index < -0.39 is 29.8 Å². The maximum absolute atomic E-state index is 11.8. The van der Waals surface area contributed by atoms with Crippen molar-refractivity contribution in [2.24, 2.45) is 11.8 Å². The van der Waals surface area contributed by atoms with Crippen LogP contribution in [-0.4, -0.2) is 41.6 Å². The molecule has 1 N–H and O–H groups in total. The van der Waals surface area contributed by atoms with Gasteiger partial charge in [-0.1, -0.05) is 0 Å². The third-order valence-corrected chi connectivity index (χ3v) is 2.92. The fraction of sp³-hybridized carbons (Fsp3) is 0.727. The minimum Gasteiger partial charge on any atom is -0.466 e. The van der Waals surface area contributed by atoms with Crippen LogP contribution < -0.4 is 0 Å². The molecule has 0 unspecified atom stereocenters. The van der Waals surface area contributed by atoms with Gasteiger partial charge in [-0.05, 0) is 19.8 Å². The van der Waals surface area contributed by atoms with Crippen molar-refractivity contribution in [3.05, 3.63) is 0 Å². The van der Waals surface area contributed by atoms with Crippen LogP contribution in [0.3, 0.4) is 0 Å². The number of nitrogens with zero attached hydrogens (tertiary/aromatic N) is 2. The highest BCUT2D eigenvalue weighted by Crippen LogP contribution is 2.34. The fourth-order valence-electron chi connectivity index (χ4n) is 2.09. The first-order chi connectivity index (χ1) is 8.01. The van der Waals surface area contributed by atoms with Crippen LogP contribution in [0.5, 0.6) is 0 Å². The number of hydrogen-bond donors (Lipinski definition) is 1. The number of nitriles is 1. The van der Waals surface area contributed by atoms with Gasteiger partial charge in [0, 0.05) is 7.05 Å². The molecule has 0 aliphatic heterocycles. The predicted octanol–water partition coefficient (Wildman–Crippen LogP) is -0.124.